The number of thioether (sulfide) groups is 1. The first-order valence-corrected chi connectivity index (χ1v) is 6.04. The highest BCUT2D eigenvalue weighted by Gasteiger charge is 2.24. The third-order valence-electron chi connectivity index (χ3n) is 2.59. The molecule has 0 amide bonds. The zero-order chi connectivity index (χ0) is 8.97. The highest BCUT2D eigenvalue weighted by Crippen LogP contribution is 2.28. The van der Waals surface area contributed by atoms with Crippen molar-refractivity contribution in [1.82, 2.24) is 5.32 Å². The van der Waals surface area contributed by atoms with Crippen LogP contribution in [0.25, 0.3) is 0 Å². The summed E-state index contributed by atoms with van der Waals surface area (Å²) < 4.78 is 0. The highest BCUT2D eigenvalue weighted by atomic mass is 32.2. The lowest BCUT2D eigenvalue weighted by atomic mass is 10.2. The molecule has 72 valence electrons. The van der Waals surface area contributed by atoms with Gasteiger partial charge >= 0.3 is 0 Å². The van der Waals surface area contributed by atoms with Crippen molar-refractivity contribution in [3.63, 3.8) is 0 Å². The van der Waals surface area contributed by atoms with Crippen molar-refractivity contribution >= 4 is 11.8 Å². The fraction of sp³-hybridized carbons (Fsp3) is 1.00. The van der Waals surface area contributed by atoms with E-state index >= 15 is 0 Å². The summed E-state index contributed by atoms with van der Waals surface area (Å²) in [5.74, 6) is 0. The predicted octanol–water partition coefficient (Wildman–Crippen LogP) is 1.21. The van der Waals surface area contributed by atoms with Crippen LogP contribution in [0, 0.1) is 0 Å². The average Bonchev–Trinajstić information content (AvgIpc) is 2.52. The third-order valence-corrected chi connectivity index (χ3v) is 3.69. The van der Waals surface area contributed by atoms with Gasteiger partial charge in [0.25, 0.3) is 0 Å². The Balaban J connectivity index is 2.18. The van der Waals surface area contributed by atoms with E-state index in [1.165, 1.54) is 19.3 Å². The molecule has 0 saturated heterocycles. The first kappa shape index (κ1) is 10.4. The SMILES string of the molecule is CSC1CCC(NC(C)CN)C1. The standard InChI is InChI=1S/C9H20N2S/c1-7(6-10)11-8-3-4-9(5-8)12-2/h7-9,11H,3-6,10H2,1-2H3. The molecule has 1 saturated carbocycles. The zero-order valence-electron chi connectivity index (χ0n) is 8.05. The summed E-state index contributed by atoms with van der Waals surface area (Å²) >= 11 is 2.00. The molecular weight excluding hydrogens is 168 g/mol. The Hall–Kier alpha value is 0.270. The molecule has 2 nitrogen and oxygen atoms in total. The number of nitrogens with two attached hydrogens (primary N) is 1. The second-order valence-electron chi connectivity index (χ2n) is 3.67. The van der Waals surface area contributed by atoms with Gasteiger partial charge in [-0.05, 0) is 32.4 Å². The van der Waals surface area contributed by atoms with Crippen LogP contribution >= 0.6 is 11.8 Å². The van der Waals surface area contributed by atoms with Crippen LogP contribution in [0.1, 0.15) is 26.2 Å². The Labute approximate surface area is 79.7 Å². The van der Waals surface area contributed by atoms with Gasteiger partial charge in [-0.25, -0.2) is 0 Å². The van der Waals surface area contributed by atoms with Crippen LogP contribution in [0.3, 0.4) is 0 Å². The summed E-state index contributed by atoms with van der Waals surface area (Å²) in [7, 11) is 0. The summed E-state index contributed by atoms with van der Waals surface area (Å²) in [6, 6.07) is 1.21. The van der Waals surface area contributed by atoms with Crippen LogP contribution in [0.5, 0.6) is 0 Å². The molecule has 1 fully saturated rings. The van der Waals surface area contributed by atoms with Gasteiger partial charge in [0.15, 0.2) is 0 Å². The normalized spacial score (nSPS) is 32.2. The highest BCUT2D eigenvalue weighted by molar-refractivity contribution is 7.99. The fourth-order valence-corrected chi connectivity index (χ4v) is 2.57. The largest absolute Gasteiger partial charge is 0.329 e. The lowest BCUT2D eigenvalue weighted by molar-refractivity contribution is 0.456. The van der Waals surface area contributed by atoms with E-state index in [4.69, 9.17) is 5.73 Å². The Morgan fingerprint density at radius 1 is 1.58 bits per heavy atom. The predicted molar refractivity (Wildman–Crippen MR) is 56.6 cm³/mol. The van der Waals surface area contributed by atoms with Gasteiger partial charge in [0.2, 0.25) is 0 Å². The van der Waals surface area contributed by atoms with Crippen LogP contribution < -0.4 is 11.1 Å². The van der Waals surface area contributed by atoms with Crippen molar-refractivity contribution in [2.75, 3.05) is 12.8 Å². The van der Waals surface area contributed by atoms with Crippen LogP contribution in [0.15, 0.2) is 0 Å². The smallest absolute Gasteiger partial charge is 0.0164 e. The maximum Gasteiger partial charge on any atom is 0.0164 e. The van der Waals surface area contributed by atoms with Gasteiger partial charge in [0, 0.05) is 23.9 Å². The van der Waals surface area contributed by atoms with Crippen LogP contribution in [0.2, 0.25) is 0 Å². The van der Waals surface area contributed by atoms with Gasteiger partial charge in [-0.15, -0.1) is 0 Å². The van der Waals surface area contributed by atoms with Gasteiger partial charge in [0.1, 0.15) is 0 Å². The first-order valence-electron chi connectivity index (χ1n) is 4.75. The summed E-state index contributed by atoms with van der Waals surface area (Å²) in [5, 5.41) is 4.44. The second-order valence-corrected chi connectivity index (χ2v) is 4.81. The van der Waals surface area contributed by atoms with Crippen molar-refractivity contribution in [3.8, 4) is 0 Å². The van der Waals surface area contributed by atoms with Crippen molar-refractivity contribution in [2.24, 2.45) is 5.73 Å². The number of nitrogens with one attached hydrogen (secondary N) is 1. The molecule has 3 N–H and O–H groups in total. The third kappa shape index (κ3) is 2.96. The number of rotatable bonds is 4. The van der Waals surface area contributed by atoms with Crippen molar-refractivity contribution in [1.29, 1.82) is 0 Å². The van der Waals surface area contributed by atoms with Gasteiger partial charge in [-0.3, -0.25) is 0 Å². The topological polar surface area (TPSA) is 38.0 Å². The van der Waals surface area contributed by atoms with Crippen molar-refractivity contribution in [2.45, 2.75) is 43.5 Å². The molecule has 0 aromatic rings. The van der Waals surface area contributed by atoms with E-state index in [2.05, 4.69) is 18.5 Å². The van der Waals surface area contributed by atoms with Gasteiger partial charge in [0.05, 0.1) is 0 Å². The lowest BCUT2D eigenvalue weighted by Crippen LogP contribution is -2.39. The van der Waals surface area contributed by atoms with Gasteiger partial charge in [-0.1, -0.05) is 0 Å². The van der Waals surface area contributed by atoms with E-state index < -0.39 is 0 Å². The molecule has 3 atom stereocenters. The van der Waals surface area contributed by atoms with E-state index in [1.807, 2.05) is 11.8 Å². The van der Waals surface area contributed by atoms with E-state index in [0.29, 0.717) is 6.04 Å². The maximum atomic E-state index is 5.55. The van der Waals surface area contributed by atoms with Gasteiger partial charge < -0.3 is 11.1 Å². The van der Waals surface area contributed by atoms with Gasteiger partial charge in [-0.2, -0.15) is 11.8 Å². The minimum Gasteiger partial charge on any atom is -0.329 e. The lowest BCUT2D eigenvalue weighted by Gasteiger charge is -2.17. The average molecular weight is 188 g/mol. The molecule has 0 heterocycles. The molecule has 0 aliphatic heterocycles. The molecule has 0 bridgehead atoms. The minimum absolute atomic E-state index is 0.482. The summed E-state index contributed by atoms with van der Waals surface area (Å²) in [4.78, 5) is 0. The van der Waals surface area contributed by atoms with E-state index in [1.54, 1.807) is 0 Å². The molecule has 1 aliphatic rings. The fourth-order valence-electron chi connectivity index (χ4n) is 1.78. The zero-order valence-corrected chi connectivity index (χ0v) is 8.86. The Morgan fingerprint density at radius 2 is 2.33 bits per heavy atom. The molecule has 3 heteroatoms. The molecule has 0 spiro atoms. The first-order chi connectivity index (χ1) is 5.76. The van der Waals surface area contributed by atoms with Crippen LogP contribution in [0.4, 0.5) is 0 Å². The Bertz CT molecular complexity index is 130. The molecular formula is C9H20N2S. The molecule has 1 rings (SSSR count). The van der Waals surface area contributed by atoms with E-state index in [0.717, 1.165) is 17.8 Å². The second kappa shape index (κ2) is 5.10. The number of hydrogen-bond donors (Lipinski definition) is 2. The van der Waals surface area contributed by atoms with Crippen molar-refractivity contribution in [3.05, 3.63) is 0 Å². The van der Waals surface area contributed by atoms with Crippen LogP contribution in [-0.4, -0.2) is 30.1 Å². The summed E-state index contributed by atoms with van der Waals surface area (Å²) in [5.41, 5.74) is 5.55. The quantitative estimate of drug-likeness (QED) is 0.696. The molecule has 1 aliphatic carbocycles. The monoisotopic (exact) mass is 188 g/mol. The molecule has 0 aromatic carbocycles. The summed E-state index contributed by atoms with van der Waals surface area (Å²) in [6.07, 6.45) is 6.23. The summed E-state index contributed by atoms with van der Waals surface area (Å²) in [6.45, 7) is 2.91. The number of hydrogen-bond acceptors (Lipinski definition) is 3. The maximum absolute atomic E-state index is 5.55. The Kier molecular flexibility index (Phi) is 4.40. The Morgan fingerprint density at radius 3 is 2.83 bits per heavy atom. The minimum atomic E-state index is 0.482. The molecule has 3 unspecified atom stereocenters. The molecule has 0 radical (unpaired) electrons. The van der Waals surface area contributed by atoms with E-state index in [-0.39, 0.29) is 0 Å². The van der Waals surface area contributed by atoms with Crippen LogP contribution in [-0.2, 0) is 0 Å². The van der Waals surface area contributed by atoms with E-state index in [9.17, 15) is 0 Å². The van der Waals surface area contributed by atoms with Crippen molar-refractivity contribution < 1.29 is 0 Å². The molecule has 0 aromatic heterocycles. The molecule has 12 heavy (non-hydrogen) atoms.